The Hall–Kier alpha value is -3.51. The highest BCUT2D eigenvalue weighted by Gasteiger charge is 2.22. The van der Waals surface area contributed by atoms with Gasteiger partial charge in [0.05, 0.1) is 0 Å². The van der Waals surface area contributed by atoms with Gasteiger partial charge in [0.15, 0.2) is 0 Å². The van der Waals surface area contributed by atoms with E-state index in [1.54, 1.807) is 0 Å². The maximum atomic E-state index is 13.0. The highest BCUT2D eigenvalue weighted by atomic mass is 16.2. The monoisotopic (exact) mass is 380 g/mol. The smallest absolute Gasteiger partial charge is 0.254 e. The molecule has 3 aromatic carbocycles. The van der Waals surface area contributed by atoms with E-state index < -0.39 is 0 Å². The summed E-state index contributed by atoms with van der Waals surface area (Å²) >= 11 is 0. The van der Waals surface area contributed by atoms with Crippen molar-refractivity contribution < 1.29 is 4.79 Å². The average molecular weight is 380 g/mol. The van der Waals surface area contributed by atoms with E-state index in [1.165, 1.54) is 11.3 Å². The summed E-state index contributed by atoms with van der Waals surface area (Å²) in [7, 11) is 0. The predicted molar refractivity (Wildman–Crippen MR) is 118 cm³/mol. The van der Waals surface area contributed by atoms with Gasteiger partial charge < -0.3 is 9.80 Å². The van der Waals surface area contributed by atoms with Gasteiger partial charge in [0.25, 0.3) is 5.91 Å². The summed E-state index contributed by atoms with van der Waals surface area (Å²) in [6.45, 7) is 5.25. The number of anilines is 1. The normalized spacial score (nSPS) is 13.6. The Morgan fingerprint density at radius 2 is 1.41 bits per heavy atom. The lowest BCUT2D eigenvalue weighted by Gasteiger charge is -2.36. The zero-order valence-electron chi connectivity index (χ0n) is 16.6. The van der Waals surface area contributed by atoms with Crippen LogP contribution in [0.25, 0.3) is 0 Å². The fourth-order valence-corrected chi connectivity index (χ4v) is 3.50. The van der Waals surface area contributed by atoms with Gasteiger partial charge in [0.1, 0.15) is 0 Å². The number of aryl methyl sites for hydroxylation is 1. The minimum Gasteiger partial charge on any atom is -0.368 e. The molecule has 1 aliphatic heterocycles. The number of rotatable bonds is 2. The van der Waals surface area contributed by atoms with Gasteiger partial charge in [-0.05, 0) is 49.4 Å². The second kappa shape index (κ2) is 8.67. The Morgan fingerprint density at radius 3 is 2.14 bits per heavy atom. The minimum absolute atomic E-state index is 0.0805. The van der Waals surface area contributed by atoms with Crippen molar-refractivity contribution in [1.82, 2.24) is 4.90 Å². The molecule has 1 fully saturated rings. The third kappa shape index (κ3) is 4.67. The lowest BCUT2D eigenvalue weighted by Crippen LogP contribution is -2.48. The highest BCUT2D eigenvalue weighted by molar-refractivity contribution is 5.94. The maximum absolute atomic E-state index is 13.0. The third-order valence-corrected chi connectivity index (χ3v) is 5.20. The third-order valence-electron chi connectivity index (χ3n) is 5.20. The van der Waals surface area contributed by atoms with Gasteiger partial charge in [-0.1, -0.05) is 53.8 Å². The van der Waals surface area contributed by atoms with Crippen LogP contribution >= 0.6 is 0 Å². The lowest BCUT2D eigenvalue weighted by molar-refractivity contribution is 0.0746. The molecule has 1 saturated heterocycles. The molecule has 0 aromatic heterocycles. The van der Waals surface area contributed by atoms with E-state index in [-0.39, 0.29) is 5.91 Å². The van der Waals surface area contributed by atoms with Crippen LogP contribution in [0.1, 0.15) is 27.0 Å². The fraction of sp³-hybridized carbons (Fsp3) is 0.192. The van der Waals surface area contributed by atoms with Crippen LogP contribution in [-0.4, -0.2) is 37.0 Å². The number of amides is 1. The van der Waals surface area contributed by atoms with E-state index in [0.717, 1.165) is 37.3 Å². The number of nitrogens with zero attached hydrogens (tertiary/aromatic N) is 2. The van der Waals surface area contributed by atoms with Crippen LogP contribution in [0, 0.1) is 18.8 Å². The van der Waals surface area contributed by atoms with Crippen LogP contribution in [0.3, 0.4) is 0 Å². The molecule has 4 rings (SSSR count). The van der Waals surface area contributed by atoms with E-state index >= 15 is 0 Å². The molecule has 3 aromatic rings. The highest BCUT2D eigenvalue weighted by Crippen LogP contribution is 2.18. The molecule has 0 unspecified atom stereocenters. The molecule has 0 N–H and O–H groups in total. The van der Waals surface area contributed by atoms with Crippen molar-refractivity contribution in [1.29, 1.82) is 0 Å². The summed E-state index contributed by atoms with van der Waals surface area (Å²) in [5.41, 5.74) is 5.02. The topological polar surface area (TPSA) is 23.6 Å². The predicted octanol–water partition coefficient (Wildman–Crippen LogP) is 4.36. The van der Waals surface area contributed by atoms with Crippen molar-refractivity contribution in [3.63, 3.8) is 0 Å². The van der Waals surface area contributed by atoms with Crippen LogP contribution < -0.4 is 4.90 Å². The number of carbonyl (C=O) groups is 1. The zero-order valence-corrected chi connectivity index (χ0v) is 16.6. The molecule has 1 amide bonds. The van der Waals surface area contributed by atoms with E-state index in [1.807, 2.05) is 59.5 Å². The van der Waals surface area contributed by atoms with Crippen LogP contribution in [0.4, 0.5) is 5.69 Å². The summed E-state index contributed by atoms with van der Waals surface area (Å²) < 4.78 is 0. The van der Waals surface area contributed by atoms with Crippen molar-refractivity contribution in [2.24, 2.45) is 0 Å². The summed E-state index contributed by atoms with van der Waals surface area (Å²) in [6.07, 6.45) is 0. The van der Waals surface area contributed by atoms with Gasteiger partial charge in [-0.3, -0.25) is 4.79 Å². The second-order valence-electron chi connectivity index (χ2n) is 7.31. The van der Waals surface area contributed by atoms with Crippen molar-refractivity contribution in [3.05, 3.63) is 101 Å². The van der Waals surface area contributed by atoms with Crippen molar-refractivity contribution in [2.75, 3.05) is 31.1 Å². The first-order valence-corrected chi connectivity index (χ1v) is 9.97. The Labute approximate surface area is 172 Å². The largest absolute Gasteiger partial charge is 0.368 e. The van der Waals surface area contributed by atoms with Gasteiger partial charge in [0.2, 0.25) is 0 Å². The summed E-state index contributed by atoms with van der Waals surface area (Å²) in [5, 5.41) is 0. The second-order valence-corrected chi connectivity index (χ2v) is 7.31. The van der Waals surface area contributed by atoms with Gasteiger partial charge in [0, 0.05) is 48.6 Å². The van der Waals surface area contributed by atoms with Gasteiger partial charge >= 0.3 is 0 Å². The first-order chi connectivity index (χ1) is 14.2. The molecule has 1 aliphatic rings. The maximum Gasteiger partial charge on any atom is 0.254 e. The molecule has 0 bridgehead atoms. The van der Waals surface area contributed by atoms with E-state index in [2.05, 4.69) is 47.9 Å². The van der Waals surface area contributed by atoms with E-state index in [0.29, 0.717) is 5.56 Å². The van der Waals surface area contributed by atoms with Crippen molar-refractivity contribution in [2.45, 2.75) is 6.92 Å². The van der Waals surface area contributed by atoms with E-state index in [9.17, 15) is 4.79 Å². The SMILES string of the molecule is Cc1ccc(N2CCN(C(=O)c3cccc(C#Cc4ccccc4)c3)CC2)cc1. The van der Waals surface area contributed by atoms with Crippen molar-refractivity contribution in [3.8, 4) is 11.8 Å². The van der Waals surface area contributed by atoms with Gasteiger partial charge in [-0.2, -0.15) is 0 Å². The zero-order chi connectivity index (χ0) is 20.1. The molecule has 3 nitrogen and oxygen atoms in total. The molecular formula is C26H24N2O. The molecule has 0 atom stereocenters. The number of hydrogen-bond donors (Lipinski definition) is 0. The van der Waals surface area contributed by atoms with Crippen LogP contribution in [0.5, 0.6) is 0 Å². The molecular weight excluding hydrogens is 356 g/mol. The number of piperazine rings is 1. The standard InChI is InChI=1S/C26H24N2O/c1-21-10-14-25(15-11-21)27-16-18-28(19-17-27)26(29)24-9-5-8-23(20-24)13-12-22-6-3-2-4-7-22/h2-11,14-15,20H,16-19H2,1H3. The van der Waals surface area contributed by atoms with E-state index in [4.69, 9.17) is 0 Å². The molecule has 3 heteroatoms. The lowest BCUT2D eigenvalue weighted by atomic mass is 10.1. The minimum atomic E-state index is 0.0805. The number of benzene rings is 3. The molecule has 1 heterocycles. The van der Waals surface area contributed by atoms with Crippen LogP contribution in [0.15, 0.2) is 78.9 Å². The molecule has 144 valence electrons. The Bertz CT molecular complexity index is 1040. The van der Waals surface area contributed by atoms with Crippen molar-refractivity contribution >= 4 is 11.6 Å². The summed E-state index contributed by atoms with van der Waals surface area (Å²) in [6, 6.07) is 26.1. The average Bonchev–Trinajstić information content (AvgIpc) is 2.79. The molecule has 0 saturated carbocycles. The van der Waals surface area contributed by atoms with Gasteiger partial charge in [-0.25, -0.2) is 0 Å². The summed E-state index contributed by atoms with van der Waals surface area (Å²) in [5.74, 6) is 6.40. The molecule has 0 radical (unpaired) electrons. The first kappa shape index (κ1) is 18.8. The Kier molecular flexibility index (Phi) is 5.63. The Morgan fingerprint density at radius 1 is 0.759 bits per heavy atom. The quantitative estimate of drug-likeness (QED) is 0.617. The molecule has 0 spiro atoms. The Balaban J connectivity index is 1.41. The molecule has 0 aliphatic carbocycles. The van der Waals surface area contributed by atoms with Gasteiger partial charge in [-0.15, -0.1) is 0 Å². The molecule has 29 heavy (non-hydrogen) atoms. The number of hydrogen-bond acceptors (Lipinski definition) is 2. The first-order valence-electron chi connectivity index (χ1n) is 9.97. The number of carbonyl (C=O) groups excluding carboxylic acids is 1. The fourth-order valence-electron chi connectivity index (χ4n) is 3.50. The van der Waals surface area contributed by atoms with Crippen LogP contribution in [0.2, 0.25) is 0 Å². The summed E-state index contributed by atoms with van der Waals surface area (Å²) in [4.78, 5) is 17.3. The van der Waals surface area contributed by atoms with Crippen LogP contribution in [-0.2, 0) is 0 Å².